The number of rotatable bonds is 4. The van der Waals surface area contributed by atoms with Crippen LogP contribution in [-0.2, 0) is 7.05 Å². The third kappa shape index (κ3) is 4.17. The van der Waals surface area contributed by atoms with E-state index in [1.807, 2.05) is 6.07 Å². The number of hydrogen-bond donors (Lipinski definition) is 0. The molecule has 0 unspecified atom stereocenters. The maximum atomic E-state index is 7.07. The lowest BCUT2D eigenvalue weighted by Crippen LogP contribution is -2.30. The molecule has 0 N–H and O–H groups in total. The topological polar surface area (TPSA) is 47.7 Å². The van der Waals surface area contributed by atoms with Crippen LogP contribution in [0.2, 0.25) is 0 Å². The second-order valence-corrected chi connectivity index (χ2v) is 12.9. The van der Waals surface area contributed by atoms with Gasteiger partial charge in [-0.25, -0.2) is 14.5 Å². The summed E-state index contributed by atoms with van der Waals surface area (Å²) in [6, 6.07) is 49.5. The van der Waals surface area contributed by atoms with Gasteiger partial charge in [0.1, 0.15) is 16.8 Å². The Balaban J connectivity index is 1.19. The summed E-state index contributed by atoms with van der Waals surface area (Å²) in [5.74, 6) is 1.80. The Morgan fingerprint density at radius 1 is 0.540 bits per heavy atom. The summed E-state index contributed by atoms with van der Waals surface area (Å²) in [4.78, 5) is 8.80. The van der Waals surface area contributed by atoms with Crippen LogP contribution in [0.15, 0.2) is 156 Å². The maximum absolute atomic E-state index is 7.07. The Kier molecular flexibility index (Phi) is 6.24. The van der Waals surface area contributed by atoms with Crippen molar-refractivity contribution in [1.82, 2.24) is 14.5 Å². The predicted molar refractivity (Wildman–Crippen MR) is 203 cm³/mol. The van der Waals surface area contributed by atoms with Gasteiger partial charge in [0.05, 0.1) is 7.05 Å². The minimum absolute atomic E-state index is 0.727. The average molecular weight is 644 g/mol. The minimum atomic E-state index is 0.727. The molecule has 0 saturated carbocycles. The standard InChI is InChI=1S/C45H31N4O/c1-28-16-25-37-41-35-12-5-3-10-33(35)34-11-4-6-13-36(34)42(41)50-43(37)40(28)45-48(2)38-14-7-8-15-39(38)49(45)32-23-21-30(22-24-32)29-17-19-31(20-18-29)44-46-26-9-27-47-44/h3-27H,1-2H3/q+1. The molecule has 0 saturated heterocycles. The third-order valence-electron chi connectivity index (χ3n) is 10.1. The summed E-state index contributed by atoms with van der Waals surface area (Å²) >= 11 is 0. The molecule has 0 radical (unpaired) electrons. The zero-order valence-electron chi connectivity index (χ0n) is 27.6. The molecule has 0 atom stereocenters. The molecule has 10 aromatic rings. The fourth-order valence-corrected chi connectivity index (χ4v) is 7.77. The number of nitrogens with zero attached hydrogens (tertiary/aromatic N) is 4. The molecule has 0 amide bonds. The van der Waals surface area contributed by atoms with E-state index in [-0.39, 0.29) is 0 Å². The molecule has 236 valence electrons. The summed E-state index contributed by atoms with van der Waals surface area (Å²) in [7, 11) is 2.16. The third-order valence-corrected chi connectivity index (χ3v) is 10.1. The van der Waals surface area contributed by atoms with Crippen molar-refractivity contribution in [3.05, 3.63) is 157 Å². The van der Waals surface area contributed by atoms with Crippen molar-refractivity contribution in [3.8, 4) is 39.6 Å². The quantitative estimate of drug-likeness (QED) is 0.142. The highest BCUT2D eigenvalue weighted by Crippen LogP contribution is 2.44. The van der Waals surface area contributed by atoms with Crippen LogP contribution in [-0.4, -0.2) is 14.5 Å². The molecule has 0 fully saturated rings. The van der Waals surface area contributed by atoms with Gasteiger partial charge in [-0.3, -0.25) is 0 Å². The fourth-order valence-electron chi connectivity index (χ4n) is 7.77. The summed E-state index contributed by atoms with van der Waals surface area (Å²) < 4.78 is 11.7. The van der Waals surface area contributed by atoms with Gasteiger partial charge in [-0.2, -0.15) is 4.57 Å². The van der Waals surface area contributed by atoms with Gasteiger partial charge in [-0.1, -0.05) is 109 Å². The van der Waals surface area contributed by atoms with Crippen LogP contribution >= 0.6 is 0 Å². The van der Waals surface area contributed by atoms with Gasteiger partial charge in [0.25, 0.3) is 5.82 Å². The fraction of sp³-hybridized carbons (Fsp3) is 0.0444. The van der Waals surface area contributed by atoms with E-state index >= 15 is 0 Å². The molecule has 0 aliphatic carbocycles. The second kappa shape index (κ2) is 11.0. The molecule has 50 heavy (non-hydrogen) atoms. The number of hydrogen-bond acceptors (Lipinski definition) is 3. The highest BCUT2D eigenvalue weighted by molar-refractivity contribution is 6.31. The van der Waals surface area contributed by atoms with Crippen LogP contribution in [0.25, 0.3) is 94.1 Å². The molecule has 5 heteroatoms. The maximum Gasteiger partial charge on any atom is 0.298 e. The van der Waals surface area contributed by atoms with Gasteiger partial charge in [0.2, 0.25) is 0 Å². The molecule has 3 aromatic heterocycles. The number of para-hydroxylation sites is 2. The molecule has 0 aliphatic heterocycles. The summed E-state index contributed by atoms with van der Waals surface area (Å²) in [6.45, 7) is 2.19. The van der Waals surface area contributed by atoms with Gasteiger partial charge in [0.15, 0.2) is 22.4 Å². The Hall–Kier alpha value is -6.59. The van der Waals surface area contributed by atoms with E-state index in [1.54, 1.807) is 12.4 Å². The smallest absolute Gasteiger partial charge is 0.298 e. The summed E-state index contributed by atoms with van der Waals surface area (Å²) in [6.07, 6.45) is 3.54. The highest BCUT2D eigenvalue weighted by atomic mass is 16.3. The van der Waals surface area contributed by atoms with Crippen LogP contribution in [0.5, 0.6) is 0 Å². The molecule has 3 heterocycles. The lowest BCUT2D eigenvalue weighted by atomic mass is 9.96. The van der Waals surface area contributed by atoms with Crippen molar-refractivity contribution < 1.29 is 8.98 Å². The zero-order chi connectivity index (χ0) is 33.3. The van der Waals surface area contributed by atoms with E-state index in [2.05, 4.69) is 167 Å². The first-order valence-corrected chi connectivity index (χ1v) is 16.9. The predicted octanol–water partition coefficient (Wildman–Crippen LogP) is 10.8. The van der Waals surface area contributed by atoms with Crippen LogP contribution in [0, 0.1) is 6.92 Å². The SMILES string of the molecule is Cc1ccc2c(oc3c4ccccc4c4ccccc4c23)c1-c1n(-c2ccc(-c3ccc(-c4ncccn4)cc3)cc2)c2ccccc2[n+]1C. The van der Waals surface area contributed by atoms with E-state index in [0.29, 0.717) is 0 Å². The van der Waals surface area contributed by atoms with Crippen LogP contribution < -0.4 is 4.57 Å². The lowest BCUT2D eigenvalue weighted by Gasteiger charge is -2.09. The van der Waals surface area contributed by atoms with E-state index in [0.717, 1.165) is 83.5 Å². The second-order valence-electron chi connectivity index (χ2n) is 12.9. The Bertz CT molecular complexity index is 2920. The van der Waals surface area contributed by atoms with E-state index in [9.17, 15) is 0 Å². The molecule has 5 nitrogen and oxygen atoms in total. The Morgan fingerprint density at radius 2 is 1.14 bits per heavy atom. The number of aryl methyl sites for hydroxylation is 2. The zero-order valence-corrected chi connectivity index (χ0v) is 27.6. The Morgan fingerprint density at radius 3 is 1.88 bits per heavy atom. The number of imidazole rings is 1. The first-order chi connectivity index (χ1) is 24.7. The monoisotopic (exact) mass is 643 g/mol. The lowest BCUT2D eigenvalue weighted by molar-refractivity contribution is -0.633. The first-order valence-electron chi connectivity index (χ1n) is 16.9. The average Bonchev–Trinajstić information content (AvgIpc) is 3.71. The van der Waals surface area contributed by atoms with Crippen molar-refractivity contribution in [3.63, 3.8) is 0 Å². The van der Waals surface area contributed by atoms with Gasteiger partial charge < -0.3 is 4.42 Å². The molecule has 0 spiro atoms. The Labute approximate surface area is 288 Å². The van der Waals surface area contributed by atoms with Gasteiger partial charge in [-0.05, 0) is 70.1 Å². The van der Waals surface area contributed by atoms with Crippen molar-refractivity contribution in [2.24, 2.45) is 7.05 Å². The van der Waals surface area contributed by atoms with Crippen LogP contribution in [0.3, 0.4) is 0 Å². The molecule has 7 aromatic carbocycles. The van der Waals surface area contributed by atoms with E-state index < -0.39 is 0 Å². The number of aromatic nitrogens is 4. The minimum Gasteiger partial charge on any atom is -0.454 e. The number of furan rings is 1. The number of fused-ring (bicyclic) bond motifs is 9. The van der Waals surface area contributed by atoms with Gasteiger partial charge >= 0.3 is 0 Å². The largest absolute Gasteiger partial charge is 0.454 e. The molecule has 0 bridgehead atoms. The normalized spacial score (nSPS) is 11.8. The van der Waals surface area contributed by atoms with Crippen molar-refractivity contribution in [1.29, 1.82) is 0 Å². The van der Waals surface area contributed by atoms with Crippen LogP contribution in [0.4, 0.5) is 0 Å². The molecular formula is C45H31N4O+. The molecule has 0 aliphatic rings. The van der Waals surface area contributed by atoms with Gasteiger partial charge in [-0.15, -0.1) is 0 Å². The van der Waals surface area contributed by atoms with Crippen molar-refractivity contribution in [2.75, 3.05) is 0 Å². The summed E-state index contributed by atoms with van der Waals surface area (Å²) in [5.41, 5.74) is 10.7. The van der Waals surface area contributed by atoms with E-state index in [4.69, 9.17) is 4.42 Å². The summed E-state index contributed by atoms with van der Waals surface area (Å²) in [5, 5.41) is 7.07. The highest BCUT2D eigenvalue weighted by Gasteiger charge is 2.31. The van der Waals surface area contributed by atoms with Crippen molar-refractivity contribution in [2.45, 2.75) is 6.92 Å². The van der Waals surface area contributed by atoms with E-state index in [1.165, 1.54) is 16.2 Å². The van der Waals surface area contributed by atoms with Crippen LogP contribution in [0.1, 0.15) is 5.56 Å². The molecule has 10 rings (SSSR count). The number of benzene rings is 7. The first kappa shape index (κ1) is 28.4. The van der Waals surface area contributed by atoms with Crippen molar-refractivity contribution >= 4 is 54.5 Å². The molecular weight excluding hydrogens is 613 g/mol. The van der Waals surface area contributed by atoms with Gasteiger partial charge in [0, 0.05) is 34.1 Å².